The van der Waals surface area contributed by atoms with E-state index in [1.807, 2.05) is 32.1 Å². The minimum Gasteiger partial charge on any atom is -0.365 e. The van der Waals surface area contributed by atoms with Gasteiger partial charge in [-0.3, -0.25) is 4.99 Å². The molecule has 0 aromatic heterocycles. The number of aliphatic imine (C=N–C) groups is 1. The number of hydrogen-bond donors (Lipinski definition) is 3. The maximum absolute atomic E-state index is 14.1. The van der Waals surface area contributed by atoms with Crippen LogP contribution in [0.4, 0.5) is 22.4 Å². The Morgan fingerprint density at radius 1 is 1.12 bits per heavy atom. The SMILES string of the molecule is C=C.C=C(SC(=NCc1ccccc1F)NCCCc1ccc(C(F)(F)F)cc1)C(/C=C\C(C)NC(=O)NC)=C/C. The minimum absolute atomic E-state index is 0.127. The highest BCUT2D eigenvalue weighted by Gasteiger charge is 2.29. The van der Waals surface area contributed by atoms with Crippen molar-refractivity contribution in [2.45, 2.75) is 45.5 Å². The van der Waals surface area contributed by atoms with Gasteiger partial charge in [0.15, 0.2) is 5.17 Å². The quantitative estimate of drug-likeness (QED) is 0.0625. The Balaban J connectivity index is 0.00000411. The number of carbonyl (C=O) groups is 1. The molecule has 222 valence electrons. The fourth-order valence-corrected chi connectivity index (χ4v) is 4.20. The van der Waals surface area contributed by atoms with Crippen molar-refractivity contribution in [2.75, 3.05) is 13.6 Å². The third-order valence-corrected chi connectivity index (χ3v) is 6.50. The maximum Gasteiger partial charge on any atom is 0.416 e. The molecule has 2 amide bonds. The van der Waals surface area contributed by atoms with Gasteiger partial charge in [0.25, 0.3) is 0 Å². The minimum atomic E-state index is -4.36. The molecule has 0 aliphatic carbocycles. The van der Waals surface area contributed by atoms with Gasteiger partial charge in [0.05, 0.1) is 12.1 Å². The highest BCUT2D eigenvalue weighted by atomic mass is 32.2. The summed E-state index contributed by atoms with van der Waals surface area (Å²) in [6.45, 7) is 14.5. The second-order valence-corrected chi connectivity index (χ2v) is 9.66. The normalized spacial score (nSPS) is 12.8. The van der Waals surface area contributed by atoms with Gasteiger partial charge >= 0.3 is 12.2 Å². The van der Waals surface area contributed by atoms with Crippen LogP contribution in [0.1, 0.15) is 37.0 Å². The number of aryl methyl sites for hydroxylation is 1. The van der Waals surface area contributed by atoms with Gasteiger partial charge in [-0.15, -0.1) is 13.2 Å². The molecule has 0 radical (unpaired) electrons. The molecule has 0 fully saturated rings. The maximum atomic E-state index is 14.1. The van der Waals surface area contributed by atoms with Crippen LogP contribution >= 0.6 is 11.8 Å². The average molecular weight is 591 g/mol. The summed E-state index contributed by atoms with van der Waals surface area (Å²) in [5.74, 6) is -0.346. The van der Waals surface area contributed by atoms with Gasteiger partial charge in [0, 0.05) is 30.1 Å². The first-order valence-electron chi connectivity index (χ1n) is 12.9. The zero-order valence-electron chi connectivity index (χ0n) is 23.7. The molecule has 0 spiro atoms. The number of rotatable bonds is 11. The molecule has 2 aromatic carbocycles. The third-order valence-electron chi connectivity index (χ3n) is 5.55. The van der Waals surface area contributed by atoms with E-state index in [9.17, 15) is 22.4 Å². The van der Waals surface area contributed by atoms with E-state index in [4.69, 9.17) is 0 Å². The number of thioether (sulfide) groups is 1. The second kappa shape index (κ2) is 18.5. The number of allylic oxidation sites excluding steroid dienone is 3. The largest absolute Gasteiger partial charge is 0.416 e. The Bertz CT molecular complexity index is 1210. The summed E-state index contributed by atoms with van der Waals surface area (Å²) < 4.78 is 52.5. The van der Waals surface area contributed by atoms with Crippen molar-refractivity contribution in [2.24, 2.45) is 4.99 Å². The molecule has 1 atom stereocenters. The molecule has 0 bridgehead atoms. The van der Waals surface area contributed by atoms with E-state index in [-0.39, 0.29) is 24.4 Å². The number of nitrogens with zero attached hydrogens (tertiary/aromatic N) is 1. The summed E-state index contributed by atoms with van der Waals surface area (Å²) >= 11 is 1.30. The molecule has 0 saturated heterocycles. The van der Waals surface area contributed by atoms with Crippen LogP contribution in [0.5, 0.6) is 0 Å². The summed E-state index contributed by atoms with van der Waals surface area (Å²) in [6, 6.07) is 11.0. The van der Waals surface area contributed by atoms with E-state index >= 15 is 0 Å². The number of amides is 2. The molecular formula is C31H38F4N4OS. The zero-order chi connectivity index (χ0) is 30.8. The summed E-state index contributed by atoms with van der Waals surface area (Å²) in [7, 11) is 1.54. The van der Waals surface area contributed by atoms with Gasteiger partial charge in [-0.1, -0.05) is 66.9 Å². The van der Waals surface area contributed by atoms with Gasteiger partial charge in [-0.2, -0.15) is 13.2 Å². The Labute approximate surface area is 244 Å². The number of hydrogen-bond acceptors (Lipinski definition) is 3. The molecule has 1 unspecified atom stereocenters. The summed E-state index contributed by atoms with van der Waals surface area (Å²) in [6.07, 6.45) is 2.45. The Kier molecular flexibility index (Phi) is 15.9. The van der Waals surface area contributed by atoms with E-state index in [1.165, 1.54) is 30.0 Å². The fraction of sp³-hybridized carbons (Fsp3) is 0.290. The average Bonchev–Trinajstić information content (AvgIpc) is 2.95. The van der Waals surface area contributed by atoms with Gasteiger partial charge in [0.2, 0.25) is 0 Å². The van der Waals surface area contributed by atoms with Crippen LogP contribution in [-0.4, -0.2) is 30.8 Å². The van der Waals surface area contributed by atoms with Crippen LogP contribution in [0.2, 0.25) is 0 Å². The highest BCUT2D eigenvalue weighted by Crippen LogP contribution is 2.29. The van der Waals surface area contributed by atoms with Gasteiger partial charge in [0.1, 0.15) is 5.82 Å². The number of nitrogens with one attached hydrogen (secondary N) is 3. The van der Waals surface area contributed by atoms with Crippen LogP contribution < -0.4 is 16.0 Å². The Morgan fingerprint density at radius 3 is 2.37 bits per heavy atom. The molecular weight excluding hydrogens is 552 g/mol. The van der Waals surface area contributed by atoms with E-state index in [0.29, 0.717) is 35.0 Å². The topological polar surface area (TPSA) is 65.5 Å². The van der Waals surface area contributed by atoms with E-state index in [1.54, 1.807) is 25.2 Å². The molecule has 2 rings (SSSR count). The van der Waals surface area contributed by atoms with Crippen LogP contribution in [0.3, 0.4) is 0 Å². The van der Waals surface area contributed by atoms with E-state index in [2.05, 4.69) is 40.7 Å². The molecule has 0 heterocycles. The standard InChI is InChI=1S/C29H34F4N4OS.C2H4/c1-5-23(15-12-20(2)37-27(38)34-4)21(3)39-28(36-19-24-10-6-7-11-26(24)30)35-18-8-9-22-13-16-25(17-14-22)29(31,32)33;1-2/h5-7,10-17,20H,3,8-9,18-19H2,1-2,4H3,(H,35,36)(H2,34,37,38);1-2H2/b15-12-,23-5+;. The smallest absolute Gasteiger partial charge is 0.365 e. The summed E-state index contributed by atoms with van der Waals surface area (Å²) in [4.78, 5) is 16.8. The second-order valence-electron chi connectivity index (χ2n) is 8.58. The van der Waals surface area contributed by atoms with Gasteiger partial charge in [-0.25, -0.2) is 9.18 Å². The van der Waals surface area contributed by atoms with Crippen molar-refractivity contribution >= 4 is 23.0 Å². The number of alkyl halides is 3. The van der Waals surface area contributed by atoms with Crippen molar-refractivity contribution in [1.82, 2.24) is 16.0 Å². The summed E-state index contributed by atoms with van der Waals surface area (Å²) in [5.41, 5.74) is 1.41. The highest BCUT2D eigenvalue weighted by molar-refractivity contribution is 8.17. The third kappa shape index (κ3) is 13.4. The molecule has 0 aliphatic rings. The van der Waals surface area contributed by atoms with E-state index in [0.717, 1.165) is 23.3 Å². The molecule has 10 heteroatoms. The van der Waals surface area contributed by atoms with Crippen LogP contribution in [0, 0.1) is 5.82 Å². The lowest BCUT2D eigenvalue weighted by Gasteiger charge is -2.13. The van der Waals surface area contributed by atoms with Crippen molar-refractivity contribution in [3.8, 4) is 0 Å². The Morgan fingerprint density at radius 2 is 1.78 bits per heavy atom. The first kappa shape index (κ1) is 35.2. The fourth-order valence-electron chi connectivity index (χ4n) is 3.36. The number of carbonyl (C=O) groups excluding carboxylic acids is 1. The molecule has 0 saturated carbocycles. The summed E-state index contributed by atoms with van der Waals surface area (Å²) in [5, 5.41) is 9.07. The first-order chi connectivity index (χ1) is 19.5. The van der Waals surface area contributed by atoms with Crippen molar-refractivity contribution in [3.05, 3.63) is 119 Å². The van der Waals surface area contributed by atoms with Gasteiger partial charge in [-0.05, 0) is 56.0 Å². The lowest BCUT2D eigenvalue weighted by molar-refractivity contribution is -0.137. The lowest BCUT2D eigenvalue weighted by Crippen LogP contribution is -2.37. The first-order valence-corrected chi connectivity index (χ1v) is 13.7. The van der Waals surface area contributed by atoms with Crippen molar-refractivity contribution in [1.29, 1.82) is 0 Å². The monoisotopic (exact) mass is 590 g/mol. The van der Waals surface area contributed by atoms with Crippen LogP contribution in [-0.2, 0) is 19.1 Å². The zero-order valence-corrected chi connectivity index (χ0v) is 24.5. The lowest BCUT2D eigenvalue weighted by atomic mass is 10.1. The predicted octanol–water partition coefficient (Wildman–Crippen LogP) is 7.79. The molecule has 5 nitrogen and oxygen atoms in total. The number of amidine groups is 1. The molecule has 41 heavy (non-hydrogen) atoms. The van der Waals surface area contributed by atoms with Crippen molar-refractivity contribution < 1.29 is 22.4 Å². The van der Waals surface area contributed by atoms with Gasteiger partial charge < -0.3 is 16.0 Å². The Hall–Kier alpha value is -3.79. The van der Waals surface area contributed by atoms with Crippen LogP contribution in [0.25, 0.3) is 0 Å². The number of urea groups is 1. The van der Waals surface area contributed by atoms with Crippen LogP contribution in [0.15, 0.2) is 102 Å². The number of benzene rings is 2. The number of halogens is 4. The van der Waals surface area contributed by atoms with E-state index < -0.39 is 11.7 Å². The molecule has 3 N–H and O–H groups in total. The molecule has 2 aromatic rings. The van der Waals surface area contributed by atoms with Crippen molar-refractivity contribution in [3.63, 3.8) is 0 Å². The molecule has 0 aliphatic heterocycles. The predicted molar refractivity (Wildman–Crippen MR) is 163 cm³/mol.